The fourth-order valence-electron chi connectivity index (χ4n) is 0.969. The van der Waals surface area contributed by atoms with Gasteiger partial charge < -0.3 is 0 Å². The minimum atomic E-state index is -0.244. The van der Waals surface area contributed by atoms with Crippen molar-refractivity contribution in [2.24, 2.45) is 14.1 Å². The summed E-state index contributed by atoms with van der Waals surface area (Å²) in [6, 6.07) is 0. The fourth-order valence-corrected chi connectivity index (χ4v) is 1.62. The van der Waals surface area contributed by atoms with Crippen LogP contribution in [0, 0.1) is 0 Å². The maximum absolute atomic E-state index is 11.5. The molecule has 0 fully saturated rings. The lowest BCUT2D eigenvalue weighted by Gasteiger charge is -1.99. The Morgan fingerprint density at radius 2 is 2.18 bits per heavy atom. The molecule has 2 rings (SSSR count). The number of nitrogens with zero attached hydrogens (tertiary/aromatic N) is 8. The van der Waals surface area contributed by atoms with Crippen LogP contribution in [0.3, 0.4) is 0 Å². The first-order chi connectivity index (χ1) is 8.15. The third-order valence-electron chi connectivity index (χ3n) is 1.67. The average molecular weight is 255 g/mol. The van der Waals surface area contributed by atoms with Gasteiger partial charge in [0.05, 0.1) is 12.8 Å². The van der Waals surface area contributed by atoms with E-state index in [4.69, 9.17) is 0 Å². The number of aryl methyl sites for hydroxylation is 2. The normalized spacial score (nSPS) is 10.5. The Labute approximate surface area is 99.7 Å². The molecular formula is C6H9N9OS. The van der Waals surface area contributed by atoms with E-state index in [9.17, 15) is 4.79 Å². The summed E-state index contributed by atoms with van der Waals surface area (Å²) < 4.78 is 1.48. The van der Waals surface area contributed by atoms with E-state index in [1.165, 1.54) is 21.2 Å². The zero-order valence-corrected chi connectivity index (χ0v) is 9.92. The highest BCUT2D eigenvalue weighted by atomic mass is 32.2. The van der Waals surface area contributed by atoms with Gasteiger partial charge in [-0.25, -0.2) is 4.68 Å². The molecule has 0 aliphatic carbocycles. The van der Waals surface area contributed by atoms with Gasteiger partial charge in [0.25, 0.3) is 5.95 Å². The molecule has 2 aromatic rings. The van der Waals surface area contributed by atoms with Gasteiger partial charge in [-0.2, -0.15) is 4.80 Å². The van der Waals surface area contributed by atoms with Crippen LogP contribution >= 0.6 is 11.8 Å². The van der Waals surface area contributed by atoms with E-state index >= 15 is 0 Å². The summed E-state index contributed by atoms with van der Waals surface area (Å²) in [7, 11) is 3.31. The molecular weight excluding hydrogens is 246 g/mol. The van der Waals surface area contributed by atoms with Crippen molar-refractivity contribution in [1.29, 1.82) is 0 Å². The van der Waals surface area contributed by atoms with Crippen LogP contribution in [-0.4, -0.2) is 52.1 Å². The highest BCUT2D eigenvalue weighted by Gasteiger charge is 2.09. The monoisotopic (exact) mass is 255 g/mol. The Morgan fingerprint density at radius 1 is 1.35 bits per heavy atom. The molecule has 90 valence electrons. The second kappa shape index (κ2) is 4.86. The minimum absolute atomic E-state index is 0.173. The third-order valence-corrected chi connectivity index (χ3v) is 2.68. The zero-order valence-electron chi connectivity index (χ0n) is 9.10. The highest BCUT2D eigenvalue weighted by molar-refractivity contribution is 7.99. The number of tetrazole rings is 2. The van der Waals surface area contributed by atoms with Gasteiger partial charge in [0.15, 0.2) is 0 Å². The molecule has 0 atom stereocenters. The molecule has 0 radical (unpaired) electrons. The number of thioether (sulfide) groups is 1. The van der Waals surface area contributed by atoms with Crippen molar-refractivity contribution in [3.63, 3.8) is 0 Å². The van der Waals surface area contributed by atoms with E-state index in [1.807, 2.05) is 0 Å². The van der Waals surface area contributed by atoms with Gasteiger partial charge >= 0.3 is 0 Å². The lowest BCUT2D eigenvalue weighted by molar-refractivity contribution is -0.113. The second-order valence-electron chi connectivity index (χ2n) is 3.02. The lowest BCUT2D eigenvalue weighted by atomic mass is 10.7. The van der Waals surface area contributed by atoms with Crippen LogP contribution < -0.4 is 5.32 Å². The van der Waals surface area contributed by atoms with Crippen molar-refractivity contribution in [1.82, 2.24) is 40.4 Å². The fraction of sp³-hybridized carbons (Fsp3) is 0.500. The zero-order chi connectivity index (χ0) is 12.3. The molecule has 1 N–H and O–H groups in total. The van der Waals surface area contributed by atoms with Gasteiger partial charge in [-0.1, -0.05) is 16.9 Å². The van der Waals surface area contributed by atoms with Gasteiger partial charge in [0.1, 0.15) is 0 Å². The summed E-state index contributed by atoms with van der Waals surface area (Å²) in [5.41, 5.74) is 0. The number of hydrogen-bond acceptors (Lipinski definition) is 8. The van der Waals surface area contributed by atoms with Gasteiger partial charge in [-0.15, -0.1) is 10.2 Å². The van der Waals surface area contributed by atoms with Crippen molar-refractivity contribution < 1.29 is 4.79 Å². The van der Waals surface area contributed by atoms with Crippen LogP contribution in [0.5, 0.6) is 0 Å². The molecule has 0 spiro atoms. The summed E-state index contributed by atoms with van der Waals surface area (Å²) in [5.74, 6) is 0.104. The topological polar surface area (TPSA) is 116 Å². The van der Waals surface area contributed by atoms with Crippen molar-refractivity contribution in [3.05, 3.63) is 0 Å². The maximum Gasteiger partial charge on any atom is 0.270 e. The maximum atomic E-state index is 11.5. The van der Waals surface area contributed by atoms with Gasteiger partial charge in [-0.05, 0) is 15.6 Å². The molecule has 0 aromatic carbocycles. The second-order valence-corrected chi connectivity index (χ2v) is 3.97. The molecule has 0 aliphatic heterocycles. The SMILES string of the molecule is Cn1nnc(NC(=O)CSc2nnnn2C)n1. The van der Waals surface area contributed by atoms with E-state index in [0.717, 1.165) is 0 Å². The molecule has 1 amide bonds. The van der Waals surface area contributed by atoms with Crippen molar-refractivity contribution >= 4 is 23.6 Å². The summed E-state index contributed by atoms with van der Waals surface area (Å²) in [6.45, 7) is 0. The van der Waals surface area contributed by atoms with Gasteiger partial charge in [-0.3, -0.25) is 10.1 Å². The molecule has 10 nitrogen and oxygen atoms in total. The Kier molecular flexibility index (Phi) is 3.27. The quantitative estimate of drug-likeness (QED) is 0.654. The van der Waals surface area contributed by atoms with Crippen molar-refractivity contribution in [2.45, 2.75) is 5.16 Å². The van der Waals surface area contributed by atoms with Crippen LogP contribution in [0.4, 0.5) is 5.95 Å². The summed E-state index contributed by atoms with van der Waals surface area (Å²) in [4.78, 5) is 12.8. The molecule has 0 saturated carbocycles. The van der Waals surface area contributed by atoms with Gasteiger partial charge in [0, 0.05) is 7.05 Å². The Morgan fingerprint density at radius 3 is 2.76 bits per heavy atom. The summed E-state index contributed by atoms with van der Waals surface area (Å²) in [6.07, 6.45) is 0. The first-order valence-corrected chi connectivity index (χ1v) is 5.52. The smallest absolute Gasteiger partial charge is 0.270 e. The third kappa shape index (κ3) is 2.96. The number of anilines is 1. The van der Waals surface area contributed by atoms with E-state index in [2.05, 4.69) is 36.3 Å². The standard InChI is InChI=1S/C6H9N9OS/c1-14-6(9-11-13-14)17-3-4(16)7-5-8-12-15(2)10-5/h3H2,1-2H3,(H,7,10,16). The van der Waals surface area contributed by atoms with Crippen LogP contribution in [0.15, 0.2) is 5.16 Å². The van der Waals surface area contributed by atoms with E-state index in [0.29, 0.717) is 5.16 Å². The number of amides is 1. The molecule has 11 heteroatoms. The number of rotatable bonds is 4. The van der Waals surface area contributed by atoms with Crippen LogP contribution in [0.1, 0.15) is 0 Å². The number of nitrogens with one attached hydrogen (secondary N) is 1. The van der Waals surface area contributed by atoms with Crippen LogP contribution in [-0.2, 0) is 18.9 Å². The van der Waals surface area contributed by atoms with Crippen LogP contribution in [0.2, 0.25) is 0 Å². The molecule has 2 heterocycles. The predicted molar refractivity (Wildman–Crippen MR) is 56.9 cm³/mol. The van der Waals surface area contributed by atoms with Gasteiger partial charge in [0.2, 0.25) is 11.1 Å². The first-order valence-electron chi connectivity index (χ1n) is 4.54. The van der Waals surface area contributed by atoms with E-state index in [1.54, 1.807) is 14.1 Å². The highest BCUT2D eigenvalue weighted by Crippen LogP contribution is 2.11. The summed E-state index contributed by atoms with van der Waals surface area (Å²) in [5, 5.41) is 25.0. The van der Waals surface area contributed by atoms with E-state index in [-0.39, 0.29) is 17.6 Å². The van der Waals surface area contributed by atoms with Crippen LogP contribution in [0.25, 0.3) is 0 Å². The molecule has 0 unspecified atom stereocenters. The number of carbonyl (C=O) groups is 1. The van der Waals surface area contributed by atoms with Crippen molar-refractivity contribution in [2.75, 3.05) is 11.1 Å². The number of hydrogen-bond donors (Lipinski definition) is 1. The molecule has 0 bridgehead atoms. The Bertz CT molecular complexity index is 519. The van der Waals surface area contributed by atoms with Crippen molar-refractivity contribution in [3.8, 4) is 0 Å². The lowest BCUT2D eigenvalue weighted by Crippen LogP contribution is -2.15. The number of carbonyl (C=O) groups excluding carboxylic acids is 1. The molecule has 0 aliphatic rings. The number of aromatic nitrogens is 8. The molecule has 2 aromatic heterocycles. The molecule has 17 heavy (non-hydrogen) atoms. The first kappa shape index (κ1) is 11.4. The minimum Gasteiger partial charge on any atom is -0.291 e. The summed E-state index contributed by atoms with van der Waals surface area (Å²) >= 11 is 1.22. The van der Waals surface area contributed by atoms with E-state index < -0.39 is 0 Å². The average Bonchev–Trinajstić information content (AvgIpc) is 2.85. The predicted octanol–water partition coefficient (Wildman–Crippen LogP) is -1.54. The molecule has 0 saturated heterocycles. The Hall–Kier alpha value is -2.04. The Balaban J connectivity index is 1.84. The largest absolute Gasteiger partial charge is 0.291 e.